The molecule has 5 fully saturated rings. The zero-order chi connectivity index (χ0) is 41.5. The number of carbonyl (C=O) groups is 4. The third-order valence-corrected chi connectivity index (χ3v) is 15.6. The highest BCUT2D eigenvalue weighted by atomic mass is 32.2. The van der Waals surface area contributed by atoms with E-state index in [1.54, 1.807) is 45.0 Å². The number of halogens is 2. The first-order valence-corrected chi connectivity index (χ1v) is 21.9. The van der Waals surface area contributed by atoms with Crippen LogP contribution >= 0.6 is 0 Å². The fourth-order valence-electron chi connectivity index (χ4n) is 9.38. The highest BCUT2D eigenvalue weighted by molar-refractivity contribution is 7.91. The van der Waals surface area contributed by atoms with Gasteiger partial charge >= 0.3 is 6.09 Å². The Bertz CT molecular complexity index is 2190. The minimum atomic E-state index is -4.25. The van der Waals surface area contributed by atoms with Gasteiger partial charge in [0, 0.05) is 13.0 Å². The molecule has 1 saturated heterocycles. The van der Waals surface area contributed by atoms with E-state index in [2.05, 4.69) is 15.6 Å². The molecule has 1 unspecified atom stereocenters. The Morgan fingerprint density at radius 3 is 2.45 bits per heavy atom. The number of hydrogen-bond acceptors (Lipinski definition) is 10. The Morgan fingerprint density at radius 2 is 1.76 bits per heavy atom. The Morgan fingerprint density at radius 1 is 1.02 bits per heavy atom. The van der Waals surface area contributed by atoms with E-state index in [0.717, 1.165) is 32.1 Å². The van der Waals surface area contributed by atoms with Gasteiger partial charge in [-0.1, -0.05) is 45.7 Å². The van der Waals surface area contributed by atoms with E-state index in [1.165, 1.54) is 16.4 Å². The van der Waals surface area contributed by atoms with Crippen molar-refractivity contribution in [1.29, 1.82) is 0 Å². The van der Waals surface area contributed by atoms with Crippen LogP contribution in [0, 0.1) is 29.1 Å². The van der Waals surface area contributed by atoms with Crippen molar-refractivity contribution in [2.24, 2.45) is 29.1 Å². The zero-order valence-electron chi connectivity index (χ0n) is 33.2. The topological polar surface area (TPSA) is 195 Å². The van der Waals surface area contributed by atoms with Gasteiger partial charge in [-0.2, -0.15) is 4.98 Å². The van der Waals surface area contributed by atoms with E-state index in [9.17, 15) is 41.2 Å². The number of alkyl halides is 2. The quantitative estimate of drug-likeness (QED) is 0.387. The van der Waals surface area contributed by atoms with Crippen molar-refractivity contribution in [3.05, 3.63) is 34.6 Å². The van der Waals surface area contributed by atoms with Crippen LogP contribution in [0.3, 0.4) is 0 Å². The third kappa shape index (κ3) is 7.42. The van der Waals surface area contributed by atoms with Gasteiger partial charge in [0.1, 0.15) is 29.8 Å². The van der Waals surface area contributed by atoms with Crippen LogP contribution in [0.5, 0.6) is 6.01 Å². The molecule has 4 aliphatic carbocycles. The van der Waals surface area contributed by atoms with Crippen LogP contribution in [0.1, 0.15) is 91.9 Å². The SMILES string of the molecule is CC(C)(C)[C@@H]1NC(=O)O[C@@H]2CC3C[C@@H]3[C@H]2CCCCCn2c(nc3ccccc3c2=O)O[C@@H]2C[C@@H](C(=O)N[C@]3(C(=O)NS(=O)(=O)C4(C)CC4)C[C@H]3C(F)F)N(C2)C1=O. The molecule has 9 atom stereocenters. The minimum Gasteiger partial charge on any atom is -0.459 e. The summed E-state index contributed by atoms with van der Waals surface area (Å²) in [5, 5.41) is 5.60. The predicted molar refractivity (Wildman–Crippen MR) is 205 cm³/mol. The lowest BCUT2D eigenvalue weighted by molar-refractivity contribution is -0.143. The molecule has 316 valence electrons. The first-order chi connectivity index (χ1) is 27.3. The number of para-hydroxylation sites is 1. The highest BCUT2D eigenvalue weighted by Gasteiger charge is 2.67. The van der Waals surface area contributed by atoms with E-state index in [0.29, 0.717) is 29.2 Å². The number of amides is 4. The number of sulfonamides is 1. The second-order valence-electron chi connectivity index (χ2n) is 18.6. The molecule has 58 heavy (non-hydrogen) atoms. The second-order valence-corrected chi connectivity index (χ2v) is 20.8. The number of rotatable bonds is 6. The number of nitrogens with one attached hydrogen (secondary N) is 3. The van der Waals surface area contributed by atoms with Gasteiger partial charge in [-0.05, 0) is 87.2 Å². The summed E-state index contributed by atoms with van der Waals surface area (Å²) in [4.78, 5) is 76.0. The standard InChI is InChI=1S/C40H52F2N6O9S/c1-38(2,3)30-34(51)48-20-22(18-28(48)32(49)45-40(19-26(40)31(41)42)35(52)46-58(54,55)39(4)13-14-39)56-36-43-27-12-8-7-11-24(27)33(50)47(36)15-9-5-6-10-23-25-16-21(25)17-29(23)57-37(53)44-30/h7-8,11-12,21-23,25-26,28-31H,5-6,9-10,13-20H2,1-4H3,(H,44,53)(H,45,49)(H,46,52)/t21?,22-,23-,25+,26+,28+,29-,30-,40-/m1/s1. The average Bonchev–Trinajstić information content (AvgIpc) is 4.11. The summed E-state index contributed by atoms with van der Waals surface area (Å²) < 4.78 is 69.1. The maximum absolute atomic E-state index is 14.7. The van der Waals surface area contributed by atoms with Crippen LogP contribution in [0.2, 0.25) is 0 Å². The molecule has 1 aromatic heterocycles. The smallest absolute Gasteiger partial charge is 0.408 e. The number of ether oxygens (including phenoxy) is 2. The Hall–Kier alpha value is -4.35. The molecule has 0 spiro atoms. The first kappa shape index (κ1) is 40.4. The molecule has 8 rings (SSSR count). The molecule has 2 aromatic rings. The van der Waals surface area contributed by atoms with Crippen molar-refractivity contribution < 1.29 is 45.9 Å². The lowest BCUT2D eigenvalue weighted by atomic mass is 9.85. The summed E-state index contributed by atoms with van der Waals surface area (Å²) in [5.74, 6) is -3.50. The number of aromatic nitrogens is 2. The Labute approximate surface area is 335 Å². The molecule has 2 bridgehead atoms. The summed E-state index contributed by atoms with van der Waals surface area (Å²) in [7, 11) is -4.25. The molecular weight excluding hydrogens is 779 g/mol. The van der Waals surface area contributed by atoms with Crippen molar-refractivity contribution in [2.75, 3.05) is 6.54 Å². The second kappa shape index (κ2) is 14.4. The van der Waals surface area contributed by atoms with Crippen molar-refractivity contribution in [2.45, 2.75) is 139 Å². The monoisotopic (exact) mass is 830 g/mol. The summed E-state index contributed by atoms with van der Waals surface area (Å²) in [6.07, 6.45) is -0.328. The Balaban J connectivity index is 1.13. The zero-order valence-corrected chi connectivity index (χ0v) is 34.0. The van der Waals surface area contributed by atoms with Crippen LogP contribution in [-0.4, -0.2) is 94.2 Å². The fourth-order valence-corrected chi connectivity index (χ4v) is 10.7. The lowest BCUT2D eigenvalue weighted by Crippen LogP contribution is -2.60. The number of fused-ring (bicyclic) bond motifs is 7. The molecule has 4 saturated carbocycles. The maximum Gasteiger partial charge on any atom is 0.408 e. The van der Waals surface area contributed by atoms with Crippen molar-refractivity contribution >= 4 is 44.7 Å². The van der Waals surface area contributed by atoms with Crippen LogP contribution in [0.15, 0.2) is 29.1 Å². The van der Waals surface area contributed by atoms with E-state index < -0.39 is 86.5 Å². The van der Waals surface area contributed by atoms with Gasteiger partial charge < -0.3 is 25.0 Å². The van der Waals surface area contributed by atoms with Gasteiger partial charge in [-0.25, -0.2) is 22.0 Å². The summed E-state index contributed by atoms with van der Waals surface area (Å²) in [5.41, 5.74) is -3.10. The molecule has 18 heteroatoms. The predicted octanol–water partition coefficient (Wildman–Crippen LogP) is 3.62. The maximum atomic E-state index is 14.7. The van der Waals surface area contributed by atoms with E-state index in [-0.39, 0.29) is 55.9 Å². The van der Waals surface area contributed by atoms with Crippen LogP contribution in [0.25, 0.3) is 10.9 Å². The van der Waals surface area contributed by atoms with E-state index in [1.807, 2.05) is 4.72 Å². The van der Waals surface area contributed by atoms with Crippen LogP contribution in [0.4, 0.5) is 13.6 Å². The van der Waals surface area contributed by atoms with Gasteiger partial charge in [-0.15, -0.1) is 0 Å². The summed E-state index contributed by atoms with van der Waals surface area (Å²) in [6, 6.07) is 4.18. The van der Waals surface area contributed by atoms with Gasteiger partial charge in [0.05, 0.1) is 28.1 Å². The molecule has 6 aliphatic rings. The van der Waals surface area contributed by atoms with E-state index >= 15 is 0 Å². The largest absolute Gasteiger partial charge is 0.459 e. The highest BCUT2D eigenvalue weighted by Crippen LogP contribution is 2.58. The van der Waals surface area contributed by atoms with E-state index in [4.69, 9.17) is 9.47 Å². The van der Waals surface area contributed by atoms with Crippen LogP contribution in [-0.2, 0) is 35.7 Å². The number of nitrogens with zero attached hydrogens (tertiary/aromatic N) is 3. The van der Waals surface area contributed by atoms with Gasteiger partial charge in [-0.3, -0.25) is 28.5 Å². The van der Waals surface area contributed by atoms with Gasteiger partial charge in [0.15, 0.2) is 0 Å². The summed E-state index contributed by atoms with van der Waals surface area (Å²) >= 11 is 0. The Kier molecular flexibility index (Phi) is 10.1. The molecule has 2 aliphatic heterocycles. The van der Waals surface area contributed by atoms with Crippen molar-refractivity contribution in [3.8, 4) is 6.01 Å². The average molecular weight is 831 g/mol. The number of alkyl carbamates (subject to hydrolysis) is 1. The molecule has 3 heterocycles. The number of carbonyl (C=O) groups excluding carboxylic acids is 4. The molecular formula is C40H52F2N6O9S. The lowest BCUT2D eigenvalue weighted by Gasteiger charge is -2.36. The molecule has 0 radical (unpaired) electrons. The first-order valence-electron chi connectivity index (χ1n) is 20.4. The van der Waals surface area contributed by atoms with Crippen molar-refractivity contribution in [1.82, 2.24) is 29.8 Å². The molecule has 3 N–H and O–H groups in total. The molecule has 15 nitrogen and oxygen atoms in total. The van der Waals surface area contributed by atoms with Crippen LogP contribution < -0.4 is 25.7 Å². The van der Waals surface area contributed by atoms with Gasteiger partial charge in [0.2, 0.25) is 28.3 Å². The number of benzene rings is 1. The fraction of sp³-hybridized carbons (Fsp3) is 0.700. The molecule has 4 amide bonds. The number of hydrogen-bond donors (Lipinski definition) is 3. The van der Waals surface area contributed by atoms with Gasteiger partial charge in [0.25, 0.3) is 17.5 Å². The summed E-state index contributed by atoms with van der Waals surface area (Å²) in [6.45, 7) is 6.71. The van der Waals surface area contributed by atoms with Crippen molar-refractivity contribution in [3.63, 3.8) is 0 Å². The third-order valence-electron chi connectivity index (χ3n) is 13.4. The normalized spacial score (nSPS) is 33.3. The minimum absolute atomic E-state index is 0.0105. The molecule has 1 aromatic carbocycles.